The molecule has 2 aromatic carbocycles. The van der Waals surface area contributed by atoms with Gasteiger partial charge in [0.1, 0.15) is 0 Å². The maximum absolute atomic E-state index is 13.2. The van der Waals surface area contributed by atoms with Gasteiger partial charge in [-0.3, -0.25) is 4.72 Å². The Morgan fingerprint density at radius 2 is 1.44 bits per heavy atom. The van der Waals surface area contributed by atoms with Gasteiger partial charge < -0.3 is 9.64 Å². The first-order valence-electron chi connectivity index (χ1n) is 12.1. The first kappa shape index (κ1) is 20.5. The Balaban J connectivity index is 1.24. The highest BCUT2D eigenvalue weighted by Gasteiger charge is 2.51. The van der Waals surface area contributed by atoms with Crippen LogP contribution in [0.5, 0.6) is 0 Å². The molecule has 5 nitrogen and oxygen atoms in total. The fourth-order valence-electron chi connectivity index (χ4n) is 7.30. The molecule has 6 heteroatoms. The molecule has 0 radical (unpaired) electrons. The zero-order valence-corrected chi connectivity index (χ0v) is 19.3. The van der Waals surface area contributed by atoms with E-state index in [2.05, 4.69) is 21.8 Å². The van der Waals surface area contributed by atoms with Gasteiger partial charge in [0, 0.05) is 13.1 Å². The summed E-state index contributed by atoms with van der Waals surface area (Å²) in [5, 5.41) is 0. The molecule has 4 bridgehead atoms. The lowest BCUT2D eigenvalue weighted by Crippen LogP contribution is -2.48. The van der Waals surface area contributed by atoms with Gasteiger partial charge in [-0.1, -0.05) is 24.3 Å². The van der Waals surface area contributed by atoms with Crippen LogP contribution >= 0.6 is 0 Å². The summed E-state index contributed by atoms with van der Waals surface area (Å²) in [6.45, 7) is 2.84. The van der Waals surface area contributed by atoms with Crippen molar-refractivity contribution in [2.75, 3.05) is 35.9 Å². The quantitative estimate of drug-likeness (QED) is 0.709. The maximum Gasteiger partial charge on any atom is 0.261 e. The van der Waals surface area contributed by atoms with E-state index in [1.54, 1.807) is 0 Å². The van der Waals surface area contributed by atoms with E-state index in [1.807, 2.05) is 36.4 Å². The molecule has 1 N–H and O–H groups in total. The number of nitrogens with zero attached hydrogens (tertiary/aromatic N) is 1. The van der Waals surface area contributed by atoms with Crippen LogP contribution in [0.2, 0.25) is 0 Å². The topological polar surface area (TPSA) is 58.6 Å². The van der Waals surface area contributed by atoms with Gasteiger partial charge in [-0.2, -0.15) is 0 Å². The van der Waals surface area contributed by atoms with Gasteiger partial charge in [-0.05, 0) is 91.5 Å². The van der Waals surface area contributed by atoms with Crippen LogP contribution in [0.1, 0.15) is 44.1 Å². The smallest absolute Gasteiger partial charge is 0.261 e. The molecule has 7 rings (SSSR count). The largest absolute Gasteiger partial charge is 0.378 e. The van der Waals surface area contributed by atoms with Crippen molar-refractivity contribution in [2.45, 2.75) is 48.8 Å². The van der Waals surface area contributed by atoms with Crippen LogP contribution in [0, 0.1) is 17.8 Å². The minimum Gasteiger partial charge on any atom is -0.378 e. The highest BCUT2D eigenvalue weighted by molar-refractivity contribution is 7.92. The van der Waals surface area contributed by atoms with Crippen molar-refractivity contribution in [3.8, 4) is 0 Å². The standard InChI is InChI=1S/C26H32N2O3S/c29-32(30,27-24-3-1-2-4-25(24)28-9-11-31-12-10-28)23-7-5-22(6-8-23)26-16-19-13-20(17-26)15-21(14-19)18-26/h1-8,19-21,27H,9-18H2. The minimum absolute atomic E-state index is 0.285. The number of para-hydroxylation sites is 2. The van der Waals surface area contributed by atoms with Crippen molar-refractivity contribution < 1.29 is 13.2 Å². The zero-order valence-electron chi connectivity index (χ0n) is 18.5. The lowest BCUT2D eigenvalue weighted by Gasteiger charge is -2.57. The number of nitrogens with one attached hydrogen (secondary N) is 1. The lowest BCUT2D eigenvalue weighted by atomic mass is 9.48. The molecular weight excluding hydrogens is 420 g/mol. The van der Waals surface area contributed by atoms with E-state index < -0.39 is 10.0 Å². The van der Waals surface area contributed by atoms with Gasteiger partial charge >= 0.3 is 0 Å². The average Bonchev–Trinajstić information content (AvgIpc) is 2.79. The number of morpholine rings is 1. The van der Waals surface area contributed by atoms with Crippen molar-refractivity contribution in [2.24, 2.45) is 17.8 Å². The van der Waals surface area contributed by atoms with Gasteiger partial charge in [-0.25, -0.2) is 8.42 Å². The maximum atomic E-state index is 13.2. The van der Waals surface area contributed by atoms with E-state index in [1.165, 1.54) is 44.1 Å². The fourth-order valence-corrected chi connectivity index (χ4v) is 8.37. The Kier molecular flexibility index (Phi) is 4.99. The van der Waals surface area contributed by atoms with Crippen LogP contribution in [-0.4, -0.2) is 34.7 Å². The molecule has 0 amide bonds. The van der Waals surface area contributed by atoms with E-state index in [4.69, 9.17) is 4.74 Å². The van der Waals surface area contributed by atoms with Gasteiger partial charge in [0.15, 0.2) is 0 Å². The summed E-state index contributed by atoms with van der Waals surface area (Å²) >= 11 is 0. The van der Waals surface area contributed by atoms with Gasteiger partial charge in [-0.15, -0.1) is 0 Å². The van der Waals surface area contributed by atoms with Crippen molar-refractivity contribution in [3.63, 3.8) is 0 Å². The SMILES string of the molecule is O=S(=O)(Nc1ccccc1N1CCOCC1)c1ccc(C23CC4CC(CC(C4)C2)C3)cc1. The molecule has 4 aliphatic carbocycles. The van der Waals surface area contributed by atoms with Crippen molar-refractivity contribution in [1.29, 1.82) is 0 Å². The Bertz CT molecular complexity index is 1060. The predicted molar refractivity (Wildman–Crippen MR) is 127 cm³/mol. The minimum atomic E-state index is -3.66. The predicted octanol–water partition coefficient (Wildman–Crippen LogP) is 4.79. The van der Waals surface area contributed by atoms with Crippen LogP contribution in [0.4, 0.5) is 11.4 Å². The van der Waals surface area contributed by atoms with Crippen LogP contribution in [-0.2, 0) is 20.2 Å². The summed E-state index contributed by atoms with van der Waals surface area (Å²) < 4.78 is 34.8. The third kappa shape index (κ3) is 3.61. The number of anilines is 2. The number of hydrogen-bond donors (Lipinski definition) is 1. The molecule has 1 heterocycles. The summed E-state index contributed by atoms with van der Waals surface area (Å²) in [7, 11) is -3.66. The van der Waals surface area contributed by atoms with Gasteiger partial charge in [0.05, 0.1) is 29.5 Å². The molecule has 1 saturated heterocycles. The molecule has 4 saturated carbocycles. The molecule has 2 aromatic rings. The second-order valence-corrected chi connectivity index (χ2v) is 12.1. The molecule has 1 aliphatic heterocycles. The summed E-state index contributed by atoms with van der Waals surface area (Å²) in [5.41, 5.74) is 3.17. The van der Waals surface area contributed by atoms with Gasteiger partial charge in [0.25, 0.3) is 10.0 Å². The van der Waals surface area contributed by atoms with Crippen LogP contribution < -0.4 is 9.62 Å². The number of ether oxygens (including phenoxy) is 1. The van der Waals surface area contributed by atoms with Crippen LogP contribution in [0.3, 0.4) is 0 Å². The first-order valence-corrected chi connectivity index (χ1v) is 13.5. The zero-order chi connectivity index (χ0) is 21.8. The fraction of sp³-hybridized carbons (Fsp3) is 0.538. The van der Waals surface area contributed by atoms with E-state index in [9.17, 15) is 8.42 Å². The summed E-state index contributed by atoms with van der Waals surface area (Å²) in [6.07, 6.45) is 8.11. The van der Waals surface area contributed by atoms with E-state index in [0.717, 1.165) is 36.5 Å². The van der Waals surface area contributed by atoms with E-state index >= 15 is 0 Å². The Hall–Kier alpha value is -2.05. The number of hydrogen-bond acceptors (Lipinski definition) is 4. The Morgan fingerprint density at radius 1 is 0.844 bits per heavy atom. The second-order valence-electron chi connectivity index (χ2n) is 10.4. The number of sulfonamides is 1. The normalized spacial score (nSPS) is 31.6. The Morgan fingerprint density at radius 3 is 2.06 bits per heavy atom. The summed E-state index contributed by atoms with van der Waals surface area (Å²) in [5.74, 6) is 2.63. The molecule has 0 spiro atoms. The van der Waals surface area contributed by atoms with E-state index in [-0.39, 0.29) is 5.41 Å². The van der Waals surface area contributed by atoms with Gasteiger partial charge in [0.2, 0.25) is 0 Å². The molecule has 170 valence electrons. The molecule has 32 heavy (non-hydrogen) atoms. The lowest BCUT2D eigenvalue weighted by molar-refractivity contribution is -0.00521. The molecule has 0 atom stereocenters. The number of rotatable bonds is 5. The van der Waals surface area contributed by atoms with E-state index in [0.29, 0.717) is 23.8 Å². The average molecular weight is 453 g/mol. The Labute approximate surface area is 191 Å². The summed E-state index contributed by atoms with van der Waals surface area (Å²) in [4.78, 5) is 2.51. The summed E-state index contributed by atoms with van der Waals surface area (Å²) in [6, 6.07) is 15.4. The molecule has 0 unspecified atom stereocenters. The van der Waals surface area contributed by atoms with Crippen LogP contribution in [0.25, 0.3) is 0 Å². The molecule has 5 fully saturated rings. The molecule has 0 aromatic heterocycles. The first-order chi connectivity index (χ1) is 15.5. The molecular formula is C26H32N2O3S. The highest BCUT2D eigenvalue weighted by Crippen LogP contribution is 2.60. The van der Waals surface area contributed by atoms with Crippen molar-refractivity contribution in [3.05, 3.63) is 54.1 Å². The van der Waals surface area contributed by atoms with Crippen LogP contribution in [0.15, 0.2) is 53.4 Å². The molecule has 5 aliphatic rings. The van der Waals surface area contributed by atoms with Crippen molar-refractivity contribution in [1.82, 2.24) is 0 Å². The highest BCUT2D eigenvalue weighted by atomic mass is 32.2. The number of benzene rings is 2. The third-order valence-electron chi connectivity index (χ3n) is 8.32. The third-order valence-corrected chi connectivity index (χ3v) is 9.70. The monoisotopic (exact) mass is 452 g/mol. The second kappa shape index (κ2) is 7.77. The van der Waals surface area contributed by atoms with Crippen molar-refractivity contribution >= 4 is 21.4 Å².